The molecule has 0 atom stereocenters. The van der Waals surface area contributed by atoms with Crippen molar-refractivity contribution in [3.63, 3.8) is 0 Å². The second-order valence-corrected chi connectivity index (χ2v) is 8.72. The van der Waals surface area contributed by atoms with Crippen LogP contribution in [0.1, 0.15) is 35.4 Å². The summed E-state index contributed by atoms with van der Waals surface area (Å²) >= 11 is 0. The molecule has 2 aromatic heterocycles. The quantitative estimate of drug-likeness (QED) is 0.277. The van der Waals surface area contributed by atoms with Gasteiger partial charge in [0.25, 0.3) is 0 Å². The van der Waals surface area contributed by atoms with Crippen LogP contribution in [0.5, 0.6) is 0 Å². The summed E-state index contributed by atoms with van der Waals surface area (Å²) in [6, 6.07) is 22.5. The summed E-state index contributed by atoms with van der Waals surface area (Å²) in [5, 5.41) is 0. The molecular formula is C29H25F2N3O. The van der Waals surface area contributed by atoms with E-state index in [1.165, 1.54) is 24.3 Å². The van der Waals surface area contributed by atoms with Gasteiger partial charge >= 0.3 is 5.69 Å². The van der Waals surface area contributed by atoms with Crippen molar-refractivity contribution in [3.8, 4) is 5.69 Å². The monoisotopic (exact) mass is 469 g/mol. The van der Waals surface area contributed by atoms with E-state index in [1.54, 1.807) is 41.2 Å². The van der Waals surface area contributed by atoms with Crippen LogP contribution in [-0.4, -0.2) is 14.1 Å². The van der Waals surface area contributed by atoms with Crippen molar-refractivity contribution in [1.82, 2.24) is 14.1 Å². The van der Waals surface area contributed by atoms with Crippen LogP contribution in [0, 0.1) is 18.6 Å². The summed E-state index contributed by atoms with van der Waals surface area (Å²) in [6.45, 7) is 2.53. The minimum absolute atomic E-state index is 0.0396. The van der Waals surface area contributed by atoms with Crippen LogP contribution in [-0.2, 0) is 6.54 Å². The lowest BCUT2D eigenvalue weighted by Crippen LogP contribution is -2.23. The molecule has 0 bridgehead atoms. The molecule has 0 aliphatic carbocycles. The van der Waals surface area contributed by atoms with Crippen molar-refractivity contribution in [3.05, 3.63) is 130 Å². The van der Waals surface area contributed by atoms with Gasteiger partial charge in [-0.1, -0.05) is 36.4 Å². The number of halogens is 2. The Kier molecular flexibility index (Phi) is 6.27. The number of pyridine rings is 1. The molecule has 6 heteroatoms. The van der Waals surface area contributed by atoms with E-state index < -0.39 is 0 Å². The van der Waals surface area contributed by atoms with Gasteiger partial charge in [-0.25, -0.2) is 13.6 Å². The Balaban J connectivity index is 1.48. The molecule has 0 aliphatic heterocycles. The molecule has 0 unspecified atom stereocenters. The molecule has 0 aliphatic rings. The Bertz CT molecular complexity index is 1460. The number of imidazole rings is 1. The van der Waals surface area contributed by atoms with Gasteiger partial charge in [-0.3, -0.25) is 14.1 Å². The molecule has 0 amide bonds. The summed E-state index contributed by atoms with van der Waals surface area (Å²) in [6.07, 6.45) is 4.79. The van der Waals surface area contributed by atoms with Crippen molar-refractivity contribution in [1.29, 1.82) is 0 Å². The number of nitrogens with zero attached hydrogens (tertiary/aromatic N) is 3. The number of rotatable bonds is 7. The molecule has 3 aromatic carbocycles. The molecule has 4 nitrogen and oxygen atoms in total. The molecule has 0 saturated heterocycles. The Morgan fingerprint density at radius 2 is 1.43 bits per heavy atom. The summed E-state index contributed by atoms with van der Waals surface area (Å²) < 4.78 is 30.7. The Morgan fingerprint density at radius 3 is 2.03 bits per heavy atom. The number of hydrogen-bond donors (Lipinski definition) is 0. The molecule has 5 rings (SSSR count). The average Bonchev–Trinajstić information content (AvgIpc) is 3.16. The first-order valence-electron chi connectivity index (χ1n) is 11.6. The van der Waals surface area contributed by atoms with E-state index >= 15 is 0 Å². The average molecular weight is 470 g/mol. The highest BCUT2D eigenvalue weighted by atomic mass is 19.1. The van der Waals surface area contributed by atoms with E-state index in [-0.39, 0.29) is 23.2 Å². The first-order chi connectivity index (χ1) is 17.0. The second-order valence-electron chi connectivity index (χ2n) is 8.72. The lowest BCUT2D eigenvalue weighted by Gasteiger charge is -2.18. The van der Waals surface area contributed by atoms with Gasteiger partial charge in [0.2, 0.25) is 0 Å². The number of hydrogen-bond acceptors (Lipinski definition) is 2. The zero-order valence-corrected chi connectivity index (χ0v) is 19.4. The van der Waals surface area contributed by atoms with Gasteiger partial charge in [0.15, 0.2) is 0 Å². The number of aromatic nitrogens is 3. The van der Waals surface area contributed by atoms with Crippen LogP contribution in [0.2, 0.25) is 0 Å². The van der Waals surface area contributed by atoms with E-state index in [0.29, 0.717) is 13.0 Å². The SMILES string of the molecule is Cc1cccc2c1n(-c1ccncc1)c(=O)n2CCCC(c1ccc(F)cc1)c1ccc(F)cc1. The highest BCUT2D eigenvalue weighted by Crippen LogP contribution is 2.30. The minimum Gasteiger partial charge on any atom is -0.292 e. The number of benzene rings is 3. The van der Waals surface area contributed by atoms with Crippen LogP contribution >= 0.6 is 0 Å². The van der Waals surface area contributed by atoms with E-state index in [1.807, 2.05) is 41.8 Å². The highest BCUT2D eigenvalue weighted by Gasteiger charge is 2.18. The molecule has 0 saturated carbocycles. The van der Waals surface area contributed by atoms with Gasteiger partial charge in [0.05, 0.1) is 16.7 Å². The maximum absolute atomic E-state index is 13.6. The maximum atomic E-state index is 13.6. The number of fused-ring (bicyclic) bond motifs is 1. The van der Waals surface area contributed by atoms with Gasteiger partial charge in [-0.2, -0.15) is 0 Å². The molecule has 0 spiro atoms. The zero-order chi connectivity index (χ0) is 24.4. The molecule has 176 valence electrons. The van der Waals surface area contributed by atoms with Crippen LogP contribution in [0.4, 0.5) is 8.78 Å². The van der Waals surface area contributed by atoms with E-state index in [0.717, 1.165) is 39.8 Å². The van der Waals surface area contributed by atoms with Gasteiger partial charge in [-0.15, -0.1) is 0 Å². The Hall–Kier alpha value is -4.06. The van der Waals surface area contributed by atoms with Gasteiger partial charge < -0.3 is 0 Å². The molecule has 2 heterocycles. The van der Waals surface area contributed by atoms with Crippen LogP contribution in [0.3, 0.4) is 0 Å². The Labute approximate surface area is 202 Å². The van der Waals surface area contributed by atoms with E-state index in [2.05, 4.69) is 4.98 Å². The number of para-hydroxylation sites is 1. The summed E-state index contributed by atoms with van der Waals surface area (Å²) in [5.74, 6) is -0.628. The van der Waals surface area contributed by atoms with Crippen molar-refractivity contribution in [2.24, 2.45) is 0 Å². The fraction of sp³-hybridized carbons (Fsp3) is 0.172. The zero-order valence-electron chi connectivity index (χ0n) is 19.4. The predicted octanol–water partition coefficient (Wildman–Crippen LogP) is 6.39. The van der Waals surface area contributed by atoms with Crippen LogP contribution in [0.25, 0.3) is 16.7 Å². The normalized spacial score (nSPS) is 11.4. The standard InChI is InChI=1S/C29H25F2N3O/c1-20-4-2-6-27-28(20)34(25-15-17-32-18-16-25)29(35)33(27)19-3-5-26(21-7-11-23(30)12-8-21)22-9-13-24(31)14-10-22/h2,4,6-18,26H,3,5,19H2,1H3. The van der Waals surface area contributed by atoms with Crippen molar-refractivity contribution >= 4 is 11.0 Å². The van der Waals surface area contributed by atoms with Crippen LogP contribution < -0.4 is 5.69 Å². The maximum Gasteiger partial charge on any atom is 0.333 e. The Morgan fingerprint density at radius 1 is 0.829 bits per heavy atom. The smallest absolute Gasteiger partial charge is 0.292 e. The molecule has 0 fully saturated rings. The predicted molar refractivity (Wildman–Crippen MR) is 134 cm³/mol. The largest absolute Gasteiger partial charge is 0.333 e. The van der Waals surface area contributed by atoms with E-state index in [4.69, 9.17) is 0 Å². The lowest BCUT2D eigenvalue weighted by molar-refractivity contribution is 0.569. The molecular weight excluding hydrogens is 444 g/mol. The first-order valence-corrected chi connectivity index (χ1v) is 11.6. The highest BCUT2D eigenvalue weighted by molar-refractivity contribution is 5.81. The minimum atomic E-state index is -0.294. The number of aryl methyl sites for hydroxylation is 2. The third-order valence-electron chi connectivity index (χ3n) is 6.49. The first kappa shape index (κ1) is 22.7. The molecule has 5 aromatic rings. The summed E-state index contributed by atoms with van der Waals surface area (Å²) in [4.78, 5) is 17.6. The molecule has 0 N–H and O–H groups in total. The van der Waals surface area contributed by atoms with Gasteiger partial charge in [0, 0.05) is 24.9 Å². The third kappa shape index (κ3) is 4.52. The fourth-order valence-corrected chi connectivity index (χ4v) is 4.79. The van der Waals surface area contributed by atoms with Crippen molar-refractivity contribution in [2.45, 2.75) is 32.2 Å². The van der Waals surface area contributed by atoms with Crippen molar-refractivity contribution < 1.29 is 8.78 Å². The third-order valence-corrected chi connectivity index (χ3v) is 6.49. The van der Waals surface area contributed by atoms with Gasteiger partial charge in [0.1, 0.15) is 11.6 Å². The topological polar surface area (TPSA) is 39.8 Å². The molecule has 0 radical (unpaired) electrons. The van der Waals surface area contributed by atoms with Gasteiger partial charge in [-0.05, 0) is 78.9 Å². The van der Waals surface area contributed by atoms with Crippen LogP contribution in [0.15, 0.2) is 96.1 Å². The van der Waals surface area contributed by atoms with Crippen molar-refractivity contribution in [2.75, 3.05) is 0 Å². The van der Waals surface area contributed by atoms with E-state index in [9.17, 15) is 13.6 Å². The summed E-state index contributed by atoms with van der Waals surface area (Å²) in [5.41, 5.74) is 5.38. The molecule has 35 heavy (non-hydrogen) atoms. The fourth-order valence-electron chi connectivity index (χ4n) is 4.79. The lowest BCUT2D eigenvalue weighted by atomic mass is 9.87. The second kappa shape index (κ2) is 9.66. The summed E-state index contributed by atoms with van der Waals surface area (Å²) in [7, 11) is 0.